The number of hydrogen-bond acceptors (Lipinski definition) is 4. The molecule has 1 saturated heterocycles. The Kier molecular flexibility index (Phi) is 5.15. The van der Waals surface area contributed by atoms with Crippen molar-refractivity contribution in [3.8, 4) is 0 Å². The maximum Gasteiger partial charge on any atom is 0.317 e. The molecule has 1 aromatic rings. The minimum atomic E-state index is -0.762. The van der Waals surface area contributed by atoms with E-state index in [9.17, 15) is 4.79 Å². The highest BCUT2D eigenvalue weighted by Crippen LogP contribution is 2.32. The van der Waals surface area contributed by atoms with Gasteiger partial charge in [0.05, 0.1) is 13.2 Å². The molecule has 4 nitrogen and oxygen atoms in total. The van der Waals surface area contributed by atoms with Gasteiger partial charge in [-0.05, 0) is 31.2 Å². The molecular formula is C16H23NO3. The van der Waals surface area contributed by atoms with Crippen LogP contribution in [0.25, 0.3) is 0 Å². The smallest absolute Gasteiger partial charge is 0.317 e. The summed E-state index contributed by atoms with van der Waals surface area (Å²) in [6.07, 6.45) is 3.90. The van der Waals surface area contributed by atoms with Crippen LogP contribution in [0.15, 0.2) is 30.3 Å². The third-order valence-corrected chi connectivity index (χ3v) is 4.17. The highest BCUT2D eigenvalue weighted by atomic mass is 16.5. The van der Waals surface area contributed by atoms with Gasteiger partial charge in [-0.2, -0.15) is 0 Å². The number of carbonyl (C=O) groups excluding carboxylic acids is 1. The van der Waals surface area contributed by atoms with Crippen LogP contribution in [0.4, 0.5) is 0 Å². The molecule has 2 N–H and O–H groups in total. The Balaban J connectivity index is 2.20. The average Bonchev–Trinajstić information content (AvgIpc) is 3.02. The maximum atomic E-state index is 12.3. The molecule has 1 heterocycles. The SMILES string of the molecule is COC(=O)C(CN)(CCC1CCCO1)c1ccccc1. The summed E-state index contributed by atoms with van der Waals surface area (Å²) >= 11 is 0. The summed E-state index contributed by atoms with van der Waals surface area (Å²) in [6, 6.07) is 9.67. The topological polar surface area (TPSA) is 61.5 Å². The van der Waals surface area contributed by atoms with Crippen LogP contribution in [0.1, 0.15) is 31.2 Å². The maximum absolute atomic E-state index is 12.3. The van der Waals surface area contributed by atoms with Crippen molar-refractivity contribution in [2.24, 2.45) is 5.73 Å². The Morgan fingerprint density at radius 2 is 2.20 bits per heavy atom. The van der Waals surface area contributed by atoms with Crippen molar-refractivity contribution in [2.45, 2.75) is 37.2 Å². The zero-order chi connectivity index (χ0) is 14.4. The minimum Gasteiger partial charge on any atom is -0.468 e. The molecule has 0 saturated carbocycles. The Morgan fingerprint density at radius 3 is 2.75 bits per heavy atom. The second-order valence-electron chi connectivity index (χ2n) is 5.32. The fourth-order valence-corrected chi connectivity index (χ4v) is 2.90. The Labute approximate surface area is 120 Å². The first-order chi connectivity index (χ1) is 9.73. The Bertz CT molecular complexity index is 429. The molecule has 0 amide bonds. The van der Waals surface area contributed by atoms with Gasteiger partial charge >= 0.3 is 5.97 Å². The summed E-state index contributed by atoms with van der Waals surface area (Å²) in [5.41, 5.74) is 6.12. The van der Waals surface area contributed by atoms with Crippen molar-refractivity contribution in [2.75, 3.05) is 20.3 Å². The molecule has 1 aromatic carbocycles. The lowest BCUT2D eigenvalue weighted by Crippen LogP contribution is -2.44. The third-order valence-electron chi connectivity index (χ3n) is 4.17. The van der Waals surface area contributed by atoms with E-state index in [1.807, 2.05) is 30.3 Å². The van der Waals surface area contributed by atoms with Crippen molar-refractivity contribution in [1.29, 1.82) is 0 Å². The fraction of sp³-hybridized carbons (Fsp3) is 0.562. The third kappa shape index (κ3) is 3.02. The zero-order valence-corrected chi connectivity index (χ0v) is 12.0. The summed E-state index contributed by atoms with van der Waals surface area (Å²) in [5, 5.41) is 0. The lowest BCUT2D eigenvalue weighted by atomic mass is 9.76. The van der Waals surface area contributed by atoms with Gasteiger partial charge in [0.1, 0.15) is 5.41 Å². The van der Waals surface area contributed by atoms with Gasteiger partial charge in [-0.25, -0.2) is 0 Å². The Hall–Kier alpha value is -1.39. The molecule has 0 aromatic heterocycles. The molecule has 2 atom stereocenters. The number of rotatable bonds is 6. The molecule has 1 fully saturated rings. The van der Waals surface area contributed by atoms with E-state index in [-0.39, 0.29) is 18.6 Å². The molecule has 20 heavy (non-hydrogen) atoms. The average molecular weight is 277 g/mol. The van der Waals surface area contributed by atoms with Crippen molar-refractivity contribution in [3.63, 3.8) is 0 Å². The highest BCUT2D eigenvalue weighted by molar-refractivity contribution is 5.83. The number of methoxy groups -OCH3 is 1. The van der Waals surface area contributed by atoms with Crippen LogP contribution in [-0.4, -0.2) is 32.3 Å². The lowest BCUT2D eigenvalue weighted by Gasteiger charge is -2.31. The summed E-state index contributed by atoms with van der Waals surface area (Å²) in [6.45, 7) is 1.07. The molecule has 0 bridgehead atoms. The molecule has 2 rings (SSSR count). The summed E-state index contributed by atoms with van der Waals surface area (Å²) < 4.78 is 10.7. The van der Waals surface area contributed by atoms with E-state index in [4.69, 9.17) is 15.2 Å². The van der Waals surface area contributed by atoms with Gasteiger partial charge in [0, 0.05) is 13.2 Å². The molecule has 2 unspecified atom stereocenters. The number of nitrogens with two attached hydrogens (primary N) is 1. The second kappa shape index (κ2) is 6.86. The molecule has 0 aliphatic carbocycles. The normalized spacial score (nSPS) is 21.4. The van der Waals surface area contributed by atoms with E-state index >= 15 is 0 Å². The summed E-state index contributed by atoms with van der Waals surface area (Å²) in [7, 11) is 1.42. The number of benzene rings is 1. The van der Waals surface area contributed by atoms with E-state index in [1.54, 1.807) is 0 Å². The predicted octanol–water partition coefficient (Wildman–Crippen LogP) is 2.02. The van der Waals surface area contributed by atoms with Crippen LogP contribution >= 0.6 is 0 Å². The molecule has 110 valence electrons. The monoisotopic (exact) mass is 277 g/mol. The van der Waals surface area contributed by atoms with Gasteiger partial charge < -0.3 is 15.2 Å². The molecule has 1 aliphatic rings. The number of hydrogen-bond donors (Lipinski definition) is 1. The van der Waals surface area contributed by atoms with E-state index in [0.29, 0.717) is 6.42 Å². The quantitative estimate of drug-likeness (QED) is 0.808. The van der Waals surface area contributed by atoms with E-state index < -0.39 is 5.41 Å². The lowest BCUT2D eigenvalue weighted by molar-refractivity contribution is -0.147. The molecule has 4 heteroatoms. The van der Waals surface area contributed by atoms with Crippen molar-refractivity contribution < 1.29 is 14.3 Å². The van der Waals surface area contributed by atoms with Gasteiger partial charge in [-0.1, -0.05) is 30.3 Å². The molecule has 1 aliphatic heterocycles. The van der Waals surface area contributed by atoms with Gasteiger partial charge in [0.2, 0.25) is 0 Å². The van der Waals surface area contributed by atoms with Crippen LogP contribution in [0.2, 0.25) is 0 Å². The minimum absolute atomic E-state index is 0.245. The van der Waals surface area contributed by atoms with E-state index in [0.717, 1.165) is 31.4 Å². The van der Waals surface area contributed by atoms with E-state index in [2.05, 4.69) is 0 Å². The van der Waals surface area contributed by atoms with E-state index in [1.165, 1.54) is 7.11 Å². The van der Waals surface area contributed by atoms with Crippen LogP contribution < -0.4 is 5.73 Å². The summed E-state index contributed by atoms with van der Waals surface area (Å²) in [4.78, 5) is 12.3. The number of esters is 1. The highest BCUT2D eigenvalue weighted by Gasteiger charge is 2.40. The number of carbonyl (C=O) groups is 1. The second-order valence-corrected chi connectivity index (χ2v) is 5.32. The predicted molar refractivity (Wildman–Crippen MR) is 77.4 cm³/mol. The first-order valence-electron chi connectivity index (χ1n) is 7.18. The van der Waals surface area contributed by atoms with Gasteiger partial charge in [-0.3, -0.25) is 4.79 Å². The molecular weight excluding hydrogens is 254 g/mol. The van der Waals surface area contributed by atoms with Crippen molar-refractivity contribution in [1.82, 2.24) is 0 Å². The zero-order valence-electron chi connectivity index (χ0n) is 12.0. The first kappa shape index (κ1) is 15.0. The van der Waals surface area contributed by atoms with Crippen LogP contribution in [0.5, 0.6) is 0 Å². The largest absolute Gasteiger partial charge is 0.468 e. The fourth-order valence-electron chi connectivity index (χ4n) is 2.90. The van der Waals surface area contributed by atoms with Gasteiger partial charge in [0.15, 0.2) is 0 Å². The van der Waals surface area contributed by atoms with Crippen LogP contribution in [0, 0.1) is 0 Å². The van der Waals surface area contributed by atoms with Crippen molar-refractivity contribution >= 4 is 5.97 Å². The van der Waals surface area contributed by atoms with Crippen molar-refractivity contribution in [3.05, 3.63) is 35.9 Å². The molecule has 0 spiro atoms. The number of ether oxygens (including phenoxy) is 2. The first-order valence-corrected chi connectivity index (χ1v) is 7.18. The van der Waals surface area contributed by atoms with Gasteiger partial charge in [0.25, 0.3) is 0 Å². The van der Waals surface area contributed by atoms with Crippen LogP contribution in [0.3, 0.4) is 0 Å². The molecule has 0 radical (unpaired) electrons. The Morgan fingerprint density at radius 1 is 1.45 bits per heavy atom. The standard InChI is InChI=1S/C16H23NO3/c1-19-15(18)16(12-17,13-6-3-2-4-7-13)10-9-14-8-5-11-20-14/h2-4,6-7,14H,5,8-12,17H2,1H3. The van der Waals surface area contributed by atoms with Gasteiger partial charge in [-0.15, -0.1) is 0 Å². The van der Waals surface area contributed by atoms with Crippen LogP contribution in [-0.2, 0) is 19.7 Å². The summed E-state index contributed by atoms with van der Waals surface area (Å²) in [5.74, 6) is -0.260.